The van der Waals surface area contributed by atoms with Crippen LogP contribution in [0.1, 0.15) is 49.9 Å². The molecule has 150 valence electrons. The zero-order chi connectivity index (χ0) is 20.3. The summed E-state index contributed by atoms with van der Waals surface area (Å²) in [5, 5.41) is 0. The average Bonchev–Trinajstić information content (AvgIpc) is 2.96. The normalized spacial score (nSPS) is 12.6. The minimum absolute atomic E-state index is 0.0125. The fourth-order valence-corrected chi connectivity index (χ4v) is 3.59. The maximum atomic E-state index is 14.8. The van der Waals surface area contributed by atoms with Gasteiger partial charge in [0.25, 0.3) is 0 Å². The summed E-state index contributed by atoms with van der Waals surface area (Å²) in [5.74, 6) is -1.17. The third kappa shape index (κ3) is 4.25. The molecule has 3 rings (SSSR count). The third-order valence-electron chi connectivity index (χ3n) is 4.89. The molecule has 0 N–H and O–H groups in total. The maximum Gasteiger partial charge on any atom is 0.137 e. The summed E-state index contributed by atoms with van der Waals surface area (Å²) < 4.78 is 37.5. The van der Waals surface area contributed by atoms with Gasteiger partial charge in [0, 0.05) is 19.2 Å². The molecular formula is C23H28F2N2O. The molecule has 3 aromatic rings. The highest BCUT2D eigenvalue weighted by atomic mass is 19.1. The predicted molar refractivity (Wildman–Crippen MR) is 109 cm³/mol. The molecule has 2 heterocycles. The van der Waals surface area contributed by atoms with Crippen LogP contribution in [-0.2, 0) is 11.2 Å². The second kappa shape index (κ2) is 8.82. The van der Waals surface area contributed by atoms with Gasteiger partial charge < -0.3 is 9.14 Å². The fraction of sp³-hybridized carbons (Fsp3) is 0.435. The van der Waals surface area contributed by atoms with Gasteiger partial charge in [-0.15, -0.1) is 0 Å². The second-order valence-corrected chi connectivity index (χ2v) is 7.43. The minimum Gasteiger partial charge on any atom is -0.378 e. The molecule has 0 fully saturated rings. The SMILES string of the molecule is CCCOC(CCC)Cc1c(-c2c(F)cc(C)cc2F)nc2cc(C)ccn12. The number of aryl methyl sites for hydroxylation is 2. The molecule has 0 radical (unpaired) electrons. The van der Waals surface area contributed by atoms with Gasteiger partial charge in [-0.3, -0.25) is 0 Å². The van der Waals surface area contributed by atoms with Gasteiger partial charge in [0.15, 0.2) is 0 Å². The summed E-state index contributed by atoms with van der Waals surface area (Å²) in [5.41, 5.74) is 3.37. The quantitative estimate of drug-likeness (QED) is 0.472. The lowest BCUT2D eigenvalue weighted by molar-refractivity contribution is 0.0470. The van der Waals surface area contributed by atoms with Gasteiger partial charge >= 0.3 is 0 Å². The molecular weight excluding hydrogens is 358 g/mol. The Morgan fingerprint density at radius 3 is 2.39 bits per heavy atom. The van der Waals surface area contributed by atoms with Gasteiger partial charge in [-0.1, -0.05) is 20.3 Å². The first-order valence-electron chi connectivity index (χ1n) is 9.99. The van der Waals surface area contributed by atoms with Crippen LogP contribution in [0, 0.1) is 25.5 Å². The van der Waals surface area contributed by atoms with Crippen molar-refractivity contribution in [2.75, 3.05) is 6.61 Å². The predicted octanol–water partition coefficient (Wildman–Crippen LogP) is 6.03. The molecule has 1 aromatic carbocycles. The van der Waals surface area contributed by atoms with E-state index in [1.54, 1.807) is 6.92 Å². The molecule has 0 bridgehead atoms. The number of imidazole rings is 1. The van der Waals surface area contributed by atoms with Gasteiger partial charge in [-0.2, -0.15) is 0 Å². The van der Waals surface area contributed by atoms with Gasteiger partial charge in [0.2, 0.25) is 0 Å². The number of nitrogens with zero attached hydrogens (tertiary/aromatic N) is 2. The summed E-state index contributed by atoms with van der Waals surface area (Å²) in [7, 11) is 0. The zero-order valence-corrected chi connectivity index (χ0v) is 17.1. The molecule has 28 heavy (non-hydrogen) atoms. The Labute approximate surface area is 165 Å². The van der Waals surface area contributed by atoms with E-state index in [4.69, 9.17) is 4.74 Å². The Morgan fingerprint density at radius 2 is 1.75 bits per heavy atom. The van der Waals surface area contributed by atoms with E-state index in [9.17, 15) is 8.78 Å². The third-order valence-corrected chi connectivity index (χ3v) is 4.89. The number of hydrogen-bond acceptors (Lipinski definition) is 2. The largest absolute Gasteiger partial charge is 0.378 e. The van der Waals surface area contributed by atoms with Gasteiger partial charge in [-0.25, -0.2) is 13.8 Å². The monoisotopic (exact) mass is 386 g/mol. The van der Waals surface area contributed by atoms with Crippen molar-refractivity contribution in [2.24, 2.45) is 0 Å². The molecule has 2 aromatic heterocycles. The van der Waals surface area contributed by atoms with E-state index in [0.717, 1.165) is 30.5 Å². The number of hydrogen-bond donors (Lipinski definition) is 0. The lowest BCUT2D eigenvalue weighted by Crippen LogP contribution is -2.18. The number of fused-ring (bicyclic) bond motifs is 1. The first kappa shape index (κ1) is 20.5. The maximum absolute atomic E-state index is 14.8. The van der Waals surface area contributed by atoms with Gasteiger partial charge in [-0.05, 0) is 62.1 Å². The Hall–Kier alpha value is -2.27. The van der Waals surface area contributed by atoms with Crippen molar-refractivity contribution in [2.45, 2.75) is 59.5 Å². The topological polar surface area (TPSA) is 26.5 Å². The summed E-state index contributed by atoms with van der Waals surface area (Å²) in [6.45, 7) is 8.51. The van der Waals surface area contributed by atoms with Gasteiger partial charge in [0.05, 0.1) is 23.1 Å². The lowest BCUT2D eigenvalue weighted by atomic mass is 10.0. The smallest absolute Gasteiger partial charge is 0.137 e. The minimum atomic E-state index is -0.583. The van der Waals surface area contributed by atoms with Crippen LogP contribution >= 0.6 is 0 Å². The van der Waals surface area contributed by atoms with Crippen molar-refractivity contribution in [1.29, 1.82) is 0 Å². The van der Waals surface area contributed by atoms with Crippen molar-refractivity contribution < 1.29 is 13.5 Å². The van der Waals surface area contributed by atoms with Crippen LogP contribution in [0.3, 0.4) is 0 Å². The zero-order valence-electron chi connectivity index (χ0n) is 17.1. The number of rotatable bonds is 8. The number of ether oxygens (including phenoxy) is 1. The number of aromatic nitrogens is 2. The highest BCUT2D eigenvalue weighted by Crippen LogP contribution is 2.32. The van der Waals surface area contributed by atoms with Gasteiger partial charge in [0.1, 0.15) is 17.3 Å². The molecule has 0 aliphatic heterocycles. The van der Waals surface area contributed by atoms with Crippen molar-refractivity contribution in [3.05, 3.63) is 58.9 Å². The van der Waals surface area contributed by atoms with E-state index in [2.05, 4.69) is 18.8 Å². The van der Waals surface area contributed by atoms with Crippen molar-refractivity contribution >= 4 is 5.65 Å². The van der Waals surface area contributed by atoms with Crippen LogP contribution in [0.2, 0.25) is 0 Å². The highest BCUT2D eigenvalue weighted by molar-refractivity contribution is 5.68. The number of pyridine rings is 1. The van der Waals surface area contributed by atoms with Crippen molar-refractivity contribution in [3.8, 4) is 11.3 Å². The molecule has 1 atom stereocenters. The first-order valence-corrected chi connectivity index (χ1v) is 9.99. The molecule has 1 unspecified atom stereocenters. The Kier molecular flexibility index (Phi) is 6.45. The summed E-state index contributed by atoms with van der Waals surface area (Å²) >= 11 is 0. The fourth-order valence-electron chi connectivity index (χ4n) is 3.59. The number of halogens is 2. The van der Waals surface area contributed by atoms with Crippen molar-refractivity contribution in [1.82, 2.24) is 9.38 Å². The van der Waals surface area contributed by atoms with E-state index < -0.39 is 11.6 Å². The van der Waals surface area contributed by atoms with E-state index >= 15 is 0 Å². The Bertz CT molecular complexity index is 942. The van der Waals surface area contributed by atoms with E-state index in [0.29, 0.717) is 29.9 Å². The molecule has 0 spiro atoms. The molecule has 0 aliphatic rings. The van der Waals surface area contributed by atoms with Crippen LogP contribution in [0.4, 0.5) is 8.78 Å². The first-order chi connectivity index (χ1) is 13.4. The average molecular weight is 386 g/mol. The van der Waals surface area contributed by atoms with Crippen LogP contribution in [0.5, 0.6) is 0 Å². The standard InChI is InChI=1S/C23H28F2N2O/c1-5-7-17(28-10-6-2)14-20-23(22-18(24)11-16(4)12-19(22)25)26-21-13-15(3)8-9-27(20)21/h8-9,11-13,17H,5-7,10,14H2,1-4H3. The van der Waals surface area contributed by atoms with Crippen LogP contribution in [0.15, 0.2) is 30.5 Å². The van der Waals surface area contributed by atoms with Crippen LogP contribution in [0.25, 0.3) is 16.9 Å². The van der Waals surface area contributed by atoms with Crippen LogP contribution in [-0.4, -0.2) is 22.1 Å². The Morgan fingerprint density at radius 1 is 1.04 bits per heavy atom. The van der Waals surface area contributed by atoms with Crippen molar-refractivity contribution in [3.63, 3.8) is 0 Å². The number of benzene rings is 1. The molecule has 0 saturated carbocycles. The molecule has 3 nitrogen and oxygen atoms in total. The second-order valence-electron chi connectivity index (χ2n) is 7.43. The molecule has 5 heteroatoms. The van der Waals surface area contributed by atoms with E-state index in [1.807, 2.05) is 29.7 Å². The summed E-state index contributed by atoms with van der Waals surface area (Å²) in [6.07, 6.45) is 5.26. The molecule has 0 aliphatic carbocycles. The van der Waals surface area contributed by atoms with E-state index in [-0.39, 0.29) is 11.7 Å². The molecule has 0 amide bonds. The Balaban J connectivity index is 2.16. The lowest BCUT2D eigenvalue weighted by Gasteiger charge is -2.18. The van der Waals surface area contributed by atoms with E-state index in [1.165, 1.54) is 12.1 Å². The summed E-state index contributed by atoms with van der Waals surface area (Å²) in [6, 6.07) is 6.62. The molecule has 0 saturated heterocycles. The summed E-state index contributed by atoms with van der Waals surface area (Å²) in [4.78, 5) is 4.62. The van der Waals surface area contributed by atoms with Crippen LogP contribution < -0.4 is 0 Å². The highest BCUT2D eigenvalue weighted by Gasteiger charge is 2.23.